The summed E-state index contributed by atoms with van der Waals surface area (Å²) in [6.45, 7) is 0.605. The Labute approximate surface area is 202 Å². The zero-order valence-corrected chi connectivity index (χ0v) is 18.8. The number of nitriles is 1. The normalized spacial score (nSPS) is 11.1. The fourth-order valence-electron chi connectivity index (χ4n) is 3.68. The number of aromatic amines is 1. The van der Waals surface area contributed by atoms with Crippen molar-refractivity contribution in [3.05, 3.63) is 107 Å². The van der Waals surface area contributed by atoms with Crippen LogP contribution in [0.25, 0.3) is 17.0 Å². The van der Waals surface area contributed by atoms with E-state index in [0.29, 0.717) is 24.3 Å². The molecule has 4 aromatic rings. The number of rotatable bonds is 9. The van der Waals surface area contributed by atoms with Crippen LogP contribution in [-0.2, 0) is 17.8 Å². The molecule has 1 amide bonds. The number of nitrogens with one attached hydrogen (secondary N) is 2. The molecule has 3 aromatic carbocycles. The number of hydrogen-bond acceptors (Lipinski definition) is 4. The van der Waals surface area contributed by atoms with Crippen LogP contribution in [0, 0.1) is 11.3 Å². The van der Waals surface area contributed by atoms with E-state index >= 15 is 0 Å². The van der Waals surface area contributed by atoms with Gasteiger partial charge in [-0.3, -0.25) is 4.79 Å². The summed E-state index contributed by atoms with van der Waals surface area (Å²) in [4.78, 5) is 26.9. The fourth-order valence-corrected chi connectivity index (χ4v) is 3.68. The van der Waals surface area contributed by atoms with Gasteiger partial charge in [0, 0.05) is 29.2 Å². The molecule has 0 saturated heterocycles. The molecule has 0 saturated carbocycles. The van der Waals surface area contributed by atoms with Crippen LogP contribution in [0.2, 0.25) is 0 Å². The molecule has 0 radical (unpaired) electrons. The Hall–Kier alpha value is -4.83. The van der Waals surface area contributed by atoms with Gasteiger partial charge in [0.15, 0.2) is 0 Å². The van der Waals surface area contributed by atoms with Crippen molar-refractivity contribution in [1.82, 2.24) is 10.3 Å². The minimum absolute atomic E-state index is 0.0224. The molecule has 4 rings (SSSR count). The molecular formula is C28H23N3O4. The van der Waals surface area contributed by atoms with Crippen LogP contribution in [0.1, 0.15) is 27.0 Å². The van der Waals surface area contributed by atoms with Gasteiger partial charge in [-0.25, -0.2) is 4.79 Å². The maximum atomic E-state index is 12.6. The predicted octanol–water partition coefficient (Wildman–Crippen LogP) is 4.71. The van der Waals surface area contributed by atoms with Crippen LogP contribution in [0.4, 0.5) is 0 Å². The second kappa shape index (κ2) is 10.9. The highest BCUT2D eigenvalue weighted by Gasteiger charge is 2.12. The van der Waals surface area contributed by atoms with E-state index in [-0.39, 0.29) is 17.7 Å². The van der Waals surface area contributed by atoms with Gasteiger partial charge in [0.1, 0.15) is 24.0 Å². The number of benzene rings is 3. The van der Waals surface area contributed by atoms with E-state index in [1.54, 1.807) is 36.4 Å². The van der Waals surface area contributed by atoms with Gasteiger partial charge < -0.3 is 20.1 Å². The summed E-state index contributed by atoms with van der Waals surface area (Å²) in [5, 5.41) is 22.5. The molecule has 0 unspecified atom stereocenters. The molecule has 1 heterocycles. The highest BCUT2D eigenvalue weighted by atomic mass is 16.5. The van der Waals surface area contributed by atoms with Gasteiger partial charge in [-0.2, -0.15) is 5.26 Å². The van der Waals surface area contributed by atoms with Gasteiger partial charge in [0.25, 0.3) is 5.91 Å². The number of carbonyl (C=O) groups excluding carboxylic acids is 1. The van der Waals surface area contributed by atoms with Gasteiger partial charge in [0.05, 0.1) is 5.56 Å². The molecule has 7 nitrogen and oxygen atoms in total. The molecular weight excluding hydrogens is 442 g/mol. The Morgan fingerprint density at radius 2 is 1.77 bits per heavy atom. The standard InChI is InChI=1S/C28H23N3O4/c29-16-23(27(32)30-14-13-22-17-31-25-7-3-2-6-24(22)25)15-21-5-1-4-8-26(21)35-18-19-9-11-20(12-10-19)28(33)34/h1-12,15,17,31H,13-14,18H2,(H,30,32)(H,33,34). The molecule has 0 aliphatic carbocycles. The number of aromatic carboxylic acids is 1. The maximum absolute atomic E-state index is 12.6. The van der Waals surface area contributed by atoms with Crippen molar-refractivity contribution in [2.24, 2.45) is 0 Å². The van der Waals surface area contributed by atoms with Crippen molar-refractivity contribution < 1.29 is 19.4 Å². The minimum Gasteiger partial charge on any atom is -0.488 e. The first kappa shape index (κ1) is 23.3. The summed E-state index contributed by atoms with van der Waals surface area (Å²) in [7, 11) is 0. The lowest BCUT2D eigenvalue weighted by Gasteiger charge is -2.10. The third kappa shape index (κ3) is 5.75. The van der Waals surface area contributed by atoms with Crippen LogP contribution >= 0.6 is 0 Å². The SMILES string of the molecule is N#CC(=Cc1ccccc1OCc1ccc(C(=O)O)cc1)C(=O)NCCc1c[nH]c2ccccc12. The average molecular weight is 466 g/mol. The predicted molar refractivity (Wildman–Crippen MR) is 133 cm³/mol. The summed E-state index contributed by atoms with van der Waals surface area (Å²) < 4.78 is 5.88. The fraction of sp³-hybridized carbons (Fsp3) is 0.107. The number of para-hydroxylation sites is 2. The third-order valence-corrected chi connectivity index (χ3v) is 5.53. The van der Waals surface area contributed by atoms with Crippen LogP contribution < -0.4 is 10.1 Å². The highest BCUT2D eigenvalue weighted by Crippen LogP contribution is 2.23. The van der Waals surface area contributed by atoms with Crippen molar-refractivity contribution in [2.75, 3.05) is 6.54 Å². The molecule has 0 aliphatic heterocycles. The molecule has 0 spiro atoms. The molecule has 174 valence electrons. The summed E-state index contributed by atoms with van der Waals surface area (Å²) in [5.74, 6) is -0.933. The number of amides is 1. The Bertz CT molecular complexity index is 1430. The number of carbonyl (C=O) groups is 2. The van der Waals surface area contributed by atoms with Crippen molar-refractivity contribution in [3.63, 3.8) is 0 Å². The Balaban J connectivity index is 1.40. The lowest BCUT2D eigenvalue weighted by molar-refractivity contribution is -0.117. The Morgan fingerprint density at radius 1 is 1.03 bits per heavy atom. The van der Waals surface area contributed by atoms with Crippen LogP contribution in [0.3, 0.4) is 0 Å². The number of H-pyrrole nitrogens is 1. The van der Waals surface area contributed by atoms with Gasteiger partial charge in [-0.1, -0.05) is 48.5 Å². The maximum Gasteiger partial charge on any atom is 0.335 e. The number of carboxylic acid groups (broad SMARTS) is 1. The number of fused-ring (bicyclic) bond motifs is 1. The summed E-state index contributed by atoms with van der Waals surface area (Å²) in [6, 6.07) is 23.4. The number of aromatic nitrogens is 1. The smallest absolute Gasteiger partial charge is 0.335 e. The Morgan fingerprint density at radius 3 is 2.54 bits per heavy atom. The van der Waals surface area contributed by atoms with E-state index in [1.807, 2.05) is 36.5 Å². The van der Waals surface area contributed by atoms with Crippen molar-refractivity contribution in [3.8, 4) is 11.8 Å². The molecule has 7 heteroatoms. The monoisotopic (exact) mass is 465 g/mol. The first-order valence-electron chi connectivity index (χ1n) is 11.0. The van der Waals surface area contributed by atoms with Crippen molar-refractivity contribution in [1.29, 1.82) is 5.26 Å². The molecule has 0 fully saturated rings. The lowest BCUT2D eigenvalue weighted by atomic mass is 10.1. The van der Waals surface area contributed by atoms with E-state index < -0.39 is 11.9 Å². The van der Waals surface area contributed by atoms with E-state index in [9.17, 15) is 14.9 Å². The van der Waals surface area contributed by atoms with Crippen molar-refractivity contribution in [2.45, 2.75) is 13.0 Å². The largest absolute Gasteiger partial charge is 0.488 e. The topological polar surface area (TPSA) is 115 Å². The molecule has 0 bridgehead atoms. The number of nitrogens with zero attached hydrogens (tertiary/aromatic N) is 1. The van der Waals surface area contributed by atoms with Crippen LogP contribution in [0.5, 0.6) is 5.75 Å². The number of hydrogen-bond donors (Lipinski definition) is 3. The highest BCUT2D eigenvalue weighted by molar-refractivity contribution is 6.02. The molecule has 0 aliphatic rings. The van der Waals surface area contributed by atoms with Gasteiger partial charge in [0.2, 0.25) is 0 Å². The van der Waals surface area contributed by atoms with E-state index in [0.717, 1.165) is 22.0 Å². The quantitative estimate of drug-likeness (QED) is 0.245. The third-order valence-electron chi connectivity index (χ3n) is 5.53. The van der Waals surface area contributed by atoms with Gasteiger partial charge in [-0.05, 0) is 47.9 Å². The molecule has 1 aromatic heterocycles. The molecule has 0 atom stereocenters. The zero-order chi connectivity index (χ0) is 24.6. The Kier molecular flexibility index (Phi) is 7.24. The van der Waals surface area contributed by atoms with E-state index in [4.69, 9.17) is 9.84 Å². The first-order valence-corrected chi connectivity index (χ1v) is 11.0. The summed E-state index contributed by atoms with van der Waals surface area (Å²) >= 11 is 0. The summed E-state index contributed by atoms with van der Waals surface area (Å²) in [6.07, 6.45) is 4.07. The minimum atomic E-state index is -0.989. The van der Waals surface area contributed by atoms with Gasteiger partial charge >= 0.3 is 5.97 Å². The molecule has 35 heavy (non-hydrogen) atoms. The molecule has 3 N–H and O–H groups in total. The lowest BCUT2D eigenvalue weighted by Crippen LogP contribution is -2.26. The number of ether oxygens (including phenoxy) is 1. The van der Waals surface area contributed by atoms with Gasteiger partial charge in [-0.15, -0.1) is 0 Å². The van der Waals surface area contributed by atoms with E-state index in [2.05, 4.69) is 10.3 Å². The average Bonchev–Trinajstić information content (AvgIpc) is 3.29. The second-order valence-electron chi connectivity index (χ2n) is 7.86. The van der Waals surface area contributed by atoms with Crippen molar-refractivity contribution >= 4 is 28.9 Å². The first-order chi connectivity index (χ1) is 17.0. The van der Waals surface area contributed by atoms with Crippen LogP contribution in [0.15, 0.2) is 84.6 Å². The van der Waals surface area contributed by atoms with Crippen LogP contribution in [-0.4, -0.2) is 28.5 Å². The van der Waals surface area contributed by atoms with E-state index in [1.165, 1.54) is 18.2 Å². The number of carboxylic acids is 1. The summed E-state index contributed by atoms with van der Waals surface area (Å²) in [5.41, 5.74) is 3.71. The second-order valence-corrected chi connectivity index (χ2v) is 7.86. The zero-order valence-electron chi connectivity index (χ0n) is 18.8.